The predicted molar refractivity (Wildman–Crippen MR) is 116 cm³/mol. The SMILES string of the molecule is Cc1cccc(C2=NC(=Cc3ccc(OC(=O)c4ccc([N+](=O)[O-])cc4)cc3)C(=O)O2)c1. The molecule has 0 spiro atoms. The Morgan fingerprint density at radius 3 is 2.44 bits per heavy atom. The summed E-state index contributed by atoms with van der Waals surface area (Å²) in [6.45, 7) is 1.94. The van der Waals surface area contributed by atoms with Gasteiger partial charge in [0.25, 0.3) is 5.69 Å². The highest BCUT2D eigenvalue weighted by Crippen LogP contribution is 2.22. The van der Waals surface area contributed by atoms with Crippen LogP contribution in [0.4, 0.5) is 5.69 Å². The van der Waals surface area contributed by atoms with Gasteiger partial charge in [-0.15, -0.1) is 0 Å². The van der Waals surface area contributed by atoms with Gasteiger partial charge in [-0.25, -0.2) is 14.6 Å². The summed E-state index contributed by atoms with van der Waals surface area (Å²) in [5.74, 6) is -0.653. The smallest absolute Gasteiger partial charge is 0.363 e. The van der Waals surface area contributed by atoms with E-state index in [0.29, 0.717) is 5.56 Å². The van der Waals surface area contributed by atoms with Gasteiger partial charge in [0, 0.05) is 17.7 Å². The minimum Gasteiger partial charge on any atom is -0.423 e. The summed E-state index contributed by atoms with van der Waals surface area (Å²) in [7, 11) is 0. The lowest BCUT2D eigenvalue weighted by atomic mass is 10.1. The van der Waals surface area contributed by atoms with Crippen molar-refractivity contribution in [3.63, 3.8) is 0 Å². The molecule has 0 N–H and O–H groups in total. The number of ether oxygens (including phenoxy) is 2. The van der Waals surface area contributed by atoms with Crippen LogP contribution in [-0.2, 0) is 9.53 Å². The molecule has 0 fully saturated rings. The molecule has 32 heavy (non-hydrogen) atoms. The molecule has 4 rings (SSSR count). The molecule has 0 saturated carbocycles. The summed E-state index contributed by atoms with van der Waals surface area (Å²) < 4.78 is 10.6. The molecule has 0 saturated heterocycles. The summed E-state index contributed by atoms with van der Waals surface area (Å²) in [5.41, 5.74) is 2.65. The van der Waals surface area contributed by atoms with Crippen LogP contribution in [0.5, 0.6) is 5.75 Å². The second-order valence-corrected chi connectivity index (χ2v) is 6.97. The Bertz CT molecular complexity index is 1270. The molecule has 1 aliphatic rings. The second kappa shape index (κ2) is 8.65. The van der Waals surface area contributed by atoms with Crippen LogP contribution in [0, 0.1) is 17.0 Å². The Balaban J connectivity index is 1.46. The molecule has 1 aliphatic heterocycles. The van der Waals surface area contributed by atoms with Crippen molar-refractivity contribution < 1.29 is 24.0 Å². The zero-order valence-corrected chi connectivity index (χ0v) is 16.8. The van der Waals surface area contributed by atoms with Crippen LogP contribution >= 0.6 is 0 Å². The van der Waals surface area contributed by atoms with Crippen molar-refractivity contribution in [3.05, 3.63) is 111 Å². The van der Waals surface area contributed by atoms with Crippen molar-refractivity contribution in [2.24, 2.45) is 4.99 Å². The number of nitro groups is 1. The first-order valence-electron chi connectivity index (χ1n) is 9.55. The molecule has 0 radical (unpaired) electrons. The second-order valence-electron chi connectivity index (χ2n) is 6.97. The van der Waals surface area contributed by atoms with Gasteiger partial charge >= 0.3 is 11.9 Å². The fourth-order valence-corrected chi connectivity index (χ4v) is 2.99. The Labute approximate surface area is 182 Å². The van der Waals surface area contributed by atoms with Gasteiger partial charge in [-0.05, 0) is 55.0 Å². The predicted octanol–water partition coefficient (Wildman–Crippen LogP) is 4.47. The maximum absolute atomic E-state index is 12.2. The number of nitro benzene ring substituents is 1. The molecule has 0 aliphatic carbocycles. The van der Waals surface area contributed by atoms with E-state index in [-0.39, 0.29) is 28.6 Å². The third kappa shape index (κ3) is 4.59. The number of carbonyl (C=O) groups is 2. The average molecular weight is 428 g/mol. The van der Waals surface area contributed by atoms with Gasteiger partial charge in [0.1, 0.15) is 5.75 Å². The largest absolute Gasteiger partial charge is 0.423 e. The molecule has 0 bridgehead atoms. The van der Waals surface area contributed by atoms with Crippen molar-refractivity contribution in [1.82, 2.24) is 0 Å². The van der Waals surface area contributed by atoms with E-state index in [1.54, 1.807) is 30.3 Å². The van der Waals surface area contributed by atoms with Crippen LogP contribution in [0.2, 0.25) is 0 Å². The van der Waals surface area contributed by atoms with Crippen molar-refractivity contribution in [3.8, 4) is 5.75 Å². The first kappa shape index (κ1) is 20.7. The van der Waals surface area contributed by atoms with E-state index in [9.17, 15) is 19.7 Å². The summed E-state index contributed by atoms with van der Waals surface area (Å²) in [6.07, 6.45) is 1.58. The highest BCUT2D eigenvalue weighted by molar-refractivity contribution is 6.12. The quantitative estimate of drug-likeness (QED) is 0.195. The van der Waals surface area contributed by atoms with E-state index in [1.807, 2.05) is 31.2 Å². The molecule has 0 amide bonds. The van der Waals surface area contributed by atoms with Gasteiger partial charge in [0.05, 0.1) is 10.5 Å². The maximum Gasteiger partial charge on any atom is 0.363 e. The van der Waals surface area contributed by atoms with Gasteiger partial charge < -0.3 is 9.47 Å². The number of hydrogen-bond donors (Lipinski definition) is 0. The number of esters is 2. The van der Waals surface area contributed by atoms with Gasteiger partial charge in [0.2, 0.25) is 5.90 Å². The highest BCUT2D eigenvalue weighted by Gasteiger charge is 2.24. The summed E-state index contributed by atoms with van der Waals surface area (Å²) in [6, 6.07) is 19.1. The molecule has 1 heterocycles. The van der Waals surface area contributed by atoms with Crippen LogP contribution in [-0.4, -0.2) is 22.8 Å². The molecule has 158 valence electrons. The molecule has 8 nitrogen and oxygen atoms in total. The van der Waals surface area contributed by atoms with Crippen LogP contribution in [0.1, 0.15) is 27.0 Å². The van der Waals surface area contributed by atoms with Crippen LogP contribution in [0.3, 0.4) is 0 Å². The molecule has 0 atom stereocenters. The number of cyclic esters (lactones) is 1. The third-order valence-corrected chi connectivity index (χ3v) is 4.59. The van der Waals surface area contributed by atoms with E-state index < -0.39 is 16.9 Å². The Morgan fingerprint density at radius 2 is 1.78 bits per heavy atom. The lowest BCUT2D eigenvalue weighted by Gasteiger charge is -2.04. The van der Waals surface area contributed by atoms with Crippen molar-refractivity contribution in [1.29, 1.82) is 0 Å². The number of nitrogens with zero attached hydrogens (tertiary/aromatic N) is 2. The first-order valence-corrected chi connectivity index (χ1v) is 9.55. The monoisotopic (exact) mass is 428 g/mol. The number of benzene rings is 3. The standard InChI is InChI=1S/C24H16N2O6/c1-15-3-2-4-18(13-15)22-25-21(24(28)32-22)14-16-5-11-20(12-6-16)31-23(27)17-7-9-19(10-8-17)26(29)30/h2-14H,1H3. The minimum atomic E-state index is -0.641. The van der Waals surface area contributed by atoms with Gasteiger partial charge in [-0.1, -0.05) is 29.8 Å². The van der Waals surface area contributed by atoms with Crippen LogP contribution in [0.15, 0.2) is 83.5 Å². The molecule has 0 aromatic heterocycles. The van der Waals surface area contributed by atoms with Gasteiger partial charge in [-0.3, -0.25) is 10.1 Å². The van der Waals surface area contributed by atoms with Gasteiger partial charge in [0.15, 0.2) is 5.70 Å². The Hall–Kier alpha value is -4.59. The molecule has 3 aromatic carbocycles. The highest BCUT2D eigenvalue weighted by atomic mass is 16.6. The van der Waals surface area contributed by atoms with E-state index >= 15 is 0 Å². The van der Waals surface area contributed by atoms with E-state index in [2.05, 4.69) is 4.99 Å². The van der Waals surface area contributed by atoms with Crippen molar-refractivity contribution >= 4 is 29.6 Å². The molecule has 0 unspecified atom stereocenters. The maximum atomic E-state index is 12.2. The zero-order chi connectivity index (χ0) is 22.7. The first-order chi connectivity index (χ1) is 15.4. The van der Waals surface area contributed by atoms with Crippen molar-refractivity contribution in [2.45, 2.75) is 6.92 Å². The van der Waals surface area contributed by atoms with Gasteiger partial charge in [-0.2, -0.15) is 0 Å². The molecule has 3 aromatic rings. The Morgan fingerprint density at radius 1 is 1.06 bits per heavy atom. The number of aryl methyl sites for hydroxylation is 1. The molecule has 8 heteroatoms. The van der Waals surface area contributed by atoms with Crippen molar-refractivity contribution in [2.75, 3.05) is 0 Å². The number of non-ortho nitro benzene ring substituents is 1. The van der Waals surface area contributed by atoms with E-state index in [0.717, 1.165) is 11.1 Å². The third-order valence-electron chi connectivity index (χ3n) is 4.59. The average Bonchev–Trinajstić information content (AvgIpc) is 3.15. The Kier molecular flexibility index (Phi) is 5.59. The van der Waals surface area contributed by atoms with E-state index in [4.69, 9.17) is 9.47 Å². The number of aliphatic imine (C=N–C) groups is 1. The fourth-order valence-electron chi connectivity index (χ4n) is 2.99. The van der Waals surface area contributed by atoms with Crippen LogP contribution in [0.25, 0.3) is 6.08 Å². The topological polar surface area (TPSA) is 108 Å². The minimum absolute atomic E-state index is 0.113. The normalized spacial score (nSPS) is 14.1. The van der Waals surface area contributed by atoms with Crippen LogP contribution < -0.4 is 4.74 Å². The number of rotatable bonds is 5. The van der Waals surface area contributed by atoms with E-state index in [1.165, 1.54) is 24.3 Å². The lowest BCUT2D eigenvalue weighted by molar-refractivity contribution is -0.384. The lowest BCUT2D eigenvalue weighted by Crippen LogP contribution is -2.08. The summed E-state index contributed by atoms with van der Waals surface area (Å²) in [4.78, 5) is 38.8. The number of carbonyl (C=O) groups excluding carboxylic acids is 2. The number of hydrogen-bond acceptors (Lipinski definition) is 7. The fraction of sp³-hybridized carbons (Fsp3) is 0.0417. The summed E-state index contributed by atoms with van der Waals surface area (Å²) >= 11 is 0. The summed E-state index contributed by atoms with van der Waals surface area (Å²) in [5, 5.41) is 10.7. The molecular weight excluding hydrogens is 412 g/mol. The zero-order valence-electron chi connectivity index (χ0n) is 16.8. The molecular formula is C24H16N2O6.